The van der Waals surface area contributed by atoms with Gasteiger partial charge in [-0.25, -0.2) is 18.3 Å². The summed E-state index contributed by atoms with van der Waals surface area (Å²) >= 11 is 0. The van der Waals surface area contributed by atoms with Crippen LogP contribution in [0.3, 0.4) is 0 Å². The van der Waals surface area contributed by atoms with Gasteiger partial charge in [0.1, 0.15) is 22.9 Å². The van der Waals surface area contributed by atoms with Gasteiger partial charge < -0.3 is 9.47 Å². The monoisotopic (exact) mass is 532 g/mol. The predicted octanol–water partition coefficient (Wildman–Crippen LogP) is 3.53. The molecule has 4 aromatic rings. The average Bonchev–Trinajstić information content (AvgIpc) is 3.26. The van der Waals surface area contributed by atoms with Crippen LogP contribution in [0.4, 0.5) is 8.78 Å². The molecule has 0 amide bonds. The van der Waals surface area contributed by atoms with Crippen molar-refractivity contribution in [2.45, 2.75) is 37.7 Å². The topological polar surface area (TPSA) is 90.1 Å². The van der Waals surface area contributed by atoms with E-state index >= 15 is 0 Å². The number of fused-ring (bicyclic) bond motifs is 1. The van der Waals surface area contributed by atoms with Gasteiger partial charge in [0.25, 0.3) is 0 Å². The molecule has 0 spiro atoms. The van der Waals surface area contributed by atoms with Gasteiger partial charge in [-0.05, 0) is 43.0 Å². The predicted molar refractivity (Wildman–Crippen MR) is 137 cm³/mol. The summed E-state index contributed by atoms with van der Waals surface area (Å²) in [7, 11) is 1.48. The third-order valence-corrected chi connectivity index (χ3v) is 7.41. The Kier molecular flexibility index (Phi) is 6.16. The van der Waals surface area contributed by atoms with Crippen LogP contribution in [0.5, 0.6) is 5.75 Å². The zero-order chi connectivity index (χ0) is 27.2. The number of alkyl halides is 1. The van der Waals surface area contributed by atoms with Crippen LogP contribution in [0.2, 0.25) is 0 Å². The van der Waals surface area contributed by atoms with E-state index in [1.165, 1.54) is 36.0 Å². The average molecular weight is 533 g/mol. The lowest BCUT2D eigenvalue weighted by atomic mass is 10.0. The SMILES string of the molecule is CCC1(F)CCN(C2(Cn3cc(C#CC(=O)c4cnn5cccnc45)c(-c4cc(F)ccc4OC)n3)CO2)C1. The van der Waals surface area contributed by atoms with Crippen LogP contribution in [0.25, 0.3) is 16.9 Å². The number of carbonyl (C=O) groups is 1. The van der Waals surface area contributed by atoms with Crippen molar-refractivity contribution in [1.29, 1.82) is 0 Å². The van der Waals surface area contributed by atoms with Gasteiger partial charge in [0.05, 0.1) is 37.6 Å². The number of hydrogen-bond donors (Lipinski definition) is 0. The minimum Gasteiger partial charge on any atom is -0.496 e. The van der Waals surface area contributed by atoms with Gasteiger partial charge in [-0.15, -0.1) is 0 Å². The molecule has 2 unspecified atom stereocenters. The van der Waals surface area contributed by atoms with Crippen molar-refractivity contribution in [2.24, 2.45) is 0 Å². The summed E-state index contributed by atoms with van der Waals surface area (Å²) in [5, 5.41) is 8.84. The summed E-state index contributed by atoms with van der Waals surface area (Å²) in [6.07, 6.45) is 7.27. The van der Waals surface area contributed by atoms with Crippen molar-refractivity contribution in [2.75, 3.05) is 26.8 Å². The molecule has 2 atom stereocenters. The Morgan fingerprint density at radius 2 is 2.18 bits per heavy atom. The van der Waals surface area contributed by atoms with Crippen LogP contribution in [0.15, 0.2) is 49.1 Å². The summed E-state index contributed by atoms with van der Waals surface area (Å²) in [6.45, 7) is 3.51. The van der Waals surface area contributed by atoms with Crippen LogP contribution >= 0.6 is 0 Å². The van der Waals surface area contributed by atoms with Crippen molar-refractivity contribution >= 4 is 11.4 Å². The number of benzene rings is 1. The molecule has 0 saturated carbocycles. The molecule has 2 aliphatic rings. The van der Waals surface area contributed by atoms with Crippen molar-refractivity contribution in [1.82, 2.24) is 29.3 Å². The molecule has 2 aliphatic heterocycles. The quantitative estimate of drug-likeness (QED) is 0.204. The van der Waals surface area contributed by atoms with Crippen LogP contribution < -0.4 is 4.74 Å². The Hall–Kier alpha value is -4.14. The number of hydrogen-bond acceptors (Lipinski definition) is 7. The number of carbonyl (C=O) groups excluding carboxylic acids is 1. The number of epoxide rings is 1. The fourth-order valence-electron chi connectivity index (χ4n) is 5.02. The van der Waals surface area contributed by atoms with Crippen LogP contribution in [-0.4, -0.2) is 73.3 Å². The van der Waals surface area contributed by atoms with E-state index in [9.17, 15) is 13.6 Å². The third kappa shape index (κ3) is 4.66. The van der Waals surface area contributed by atoms with Gasteiger partial charge in [0.15, 0.2) is 11.4 Å². The maximum Gasteiger partial charge on any atom is 0.241 e. The highest BCUT2D eigenvalue weighted by Crippen LogP contribution is 2.41. The van der Waals surface area contributed by atoms with Crippen molar-refractivity contribution in [3.8, 4) is 28.8 Å². The molecule has 0 aliphatic carbocycles. The molecule has 200 valence electrons. The molecular weight excluding hydrogens is 506 g/mol. The molecular formula is C28H26F2N6O3. The highest BCUT2D eigenvalue weighted by atomic mass is 19.1. The van der Waals surface area contributed by atoms with E-state index in [0.717, 1.165) is 0 Å². The van der Waals surface area contributed by atoms with E-state index in [1.807, 2.05) is 11.8 Å². The van der Waals surface area contributed by atoms with Crippen LogP contribution in [-0.2, 0) is 11.3 Å². The lowest BCUT2D eigenvalue weighted by molar-refractivity contribution is 0.0591. The van der Waals surface area contributed by atoms with Crippen molar-refractivity contribution in [3.63, 3.8) is 0 Å². The zero-order valence-corrected chi connectivity index (χ0v) is 21.5. The standard InChI is InChI=1S/C28H26F2N6O3/c1-3-27(30)9-12-34(16-27)28(18-39-28)17-35-15-19(25(33-35)21-13-20(29)6-8-24(21)38-2)5-7-23(37)22-14-32-36-11-4-10-31-26(22)36/h4,6,8,10-11,13-15H,3,9,12,16-18H2,1-2H3. The molecule has 9 nitrogen and oxygen atoms in total. The molecule has 0 bridgehead atoms. The molecule has 3 aromatic heterocycles. The van der Waals surface area contributed by atoms with Crippen LogP contribution in [0, 0.1) is 17.7 Å². The molecule has 39 heavy (non-hydrogen) atoms. The second kappa shape index (κ2) is 9.55. The number of methoxy groups -OCH3 is 1. The third-order valence-electron chi connectivity index (χ3n) is 7.41. The number of ketones is 1. The van der Waals surface area contributed by atoms with E-state index in [2.05, 4.69) is 21.9 Å². The van der Waals surface area contributed by atoms with Gasteiger partial charge >= 0.3 is 0 Å². The normalized spacial score (nSPS) is 22.6. The lowest BCUT2D eigenvalue weighted by Gasteiger charge is -2.25. The van der Waals surface area contributed by atoms with E-state index in [1.54, 1.807) is 29.3 Å². The number of ether oxygens (including phenoxy) is 2. The fourth-order valence-corrected chi connectivity index (χ4v) is 5.02. The van der Waals surface area contributed by atoms with Crippen molar-refractivity contribution in [3.05, 3.63) is 66.0 Å². The summed E-state index contributed by atoms with van der Waals surface area (Å²) in [6, 6.07) is 5.83. The summed E-state index contributed by atoms with van der Waals surface area (Å²) in [5.74, 6) is 5.05. The lowest BCUT2D eigenvalue weighted by Crippen LogP contribution is -2.42. The molecule has 11 heteroatoms. The maximum absolute atomic E-state index is 15.0. The van der Waals surface area contributed by atoms with Gasteiger partial charge in [0, 0.05) is 37.2 Å². The molecule has 5 heterocycles. The summed E-state index contributed by atoms with van der Waals surface area (Å²) in [4.78, 5) is 19.2. The number of aromatic nitrogens is 5. The van der Waals surface area contributed by atoms with Gasteiger partial charge in [-0.2, -0.15) is 10.2 Å². The minimum absolute atomic E-state index is 0.269. The van der Waals surface area contributed by atoms with E-state index in [4.69, 9.17) is 14.6 Å². The second-order valence-corrected chi connectivity index (χ2v) is 9.87. The fraction of sp³-hybridized carbons (Fsp3) is 0.357. The molecule has 0 N–H and O–H groups in total. The number of nitrogens with zero attached hydrogens (tertiary/aromatic N) is 6. The first-order valence-corrected chi connectivity index (χ1v) is 12.7. The first-order valence-electron chi connectivity index (χ1n) is 12.7. The molecule has 2 saturated heterocycles. The molecule has 0 radical (unpaired) electrons. The molecule has 6 rings (SSSR count). The zero-order valence-electron chi connectivity index (χ0n) is 21.5. The number of Topliss-reactive ketones (excluding diaryl/α,β-unsaturated/α-hetero) is 1. The van der Waals surface area contributed by atoms with E-state index in [-0.39, 0.29) is 5.56 Å². The number of rotatable bonds is 7. The molecule has 2 fully saturated rings. The van der Waals surface area contributed by atoms with Gasteiger partial charge in [-0.1, -0.05) is 12.8 Å². The number of likely N-dealkylation sites (tertiary alicyclic amines) is 1. The smallest absolute Gasteiger partial charge is 0.241 e. The summed E-state index contributed by atoms with van der Waals surface area (Å²) in [5.41, 5.74) is -0.0717. The number of halogens is 2. The Balaban J connectivity index is 1.36. The highest BCUT2D eigenvalue weighted by Gasteiger charge is 2.55. The second-order valence-electron chi connectivity index (χ2n) is 9.87. The van der Waals surface area contributed by atoms with Crippen molar-refractivity contribution < 1.29 is 23.0 Å². The Bertz CT molecular complexity index is 1630. The Morgan fingerprint density at radius 3 is 2.92 bits per heavy atom. The largest absolute Gasteiger partial charge is 0.496 e. The Labute approximate surface area is 223 Å². The van der Waals surface area contributed by atoms with E-state index < -0.39 is 23.0 Å². The summed E-state index contributed by atoms with van der Waals surface area (Å²) < 4.78 is 43.7. The van der Waals surface area contributed by atoms with Gasteiger partial charge in [-0.3, -0.25) is 14.4 Å². The minimum atomic E-state index is -1.23. The molecule has 1 aromatic carbocycles. The van der Waals surface area contributed by atoms with Gasteiger partial charge in [0.2, 0.25) is 5.78 Å². The highest BCUT2D eigenvalue weighted by molar-refractivity contribution is 6.12. The Morgan fingerprint density at radius 1 is 1.33 bits per heavy atom. The first-order chi connectivity index (χ1) is 18.8. The maximum atomic E-state index is 15.0. The first kappa shape index (κ1) is 25.2. The van der Waals surface area contributed by atoms with Crippen LogP contribution in [0.1, 0.15) is 35.7 Å². The van der Waals surface area contributed by atoms with E-state index in [0.29, 0.717) is 67.3 Å².